The number of amides is 3. The summed E-state index contributed by atoms with van der Waals surface area (Å²) in [6.07, 6.45) is 8.75. The fourth-order valence-corrected chi connectivity index (χ4v) is 4.30. The van der Waals surface area contributed by atoms with Crippen LogP contribution in [0, 0.1) is 19.3 Å². The number of nitrogens with one attached hydrogen (secondary N) is 1. The molecule has 1 fully saturated rings. The van der Waals surface area contributed by atoms with Gasteiger partial charge in [-0.05, 0) is 48.5 Å². The molecule has 3 aromatic rings. The number of hydrogen-bond acceptors (Lipinski definition) is 4. The van der Waals surface area contributed by atoms with Crippen LogP contribution >= 0.6 is 11.8 Å². The van der Waals surface area contributed by atoms with Gasteiger partial charge >= 0.3 is 0 Å². The largest absolute Gasteiger partial charge is 0.337 e. The summed E-state index contributed by atoms with van der Waals surface area (Å²) in [6, 6.07) is 15.2. The van der Waals surface area contributed by atoms with Gasteiger partial charge in [0.2, 0.25) is 5.91 Å². The zero-order valence-electron chi connectivity index (χ0n) is 16.8. The lowest BCUT2D eigenvalue weighted by molar-refractivity contribution is -0.122. The highest BCUT2D eigenvalue weighted by atomic mass is 32.2. The van der Waals surface area contributed by atoms with Gasteiger partial charge in [-0.15, -0.1) is 6.42 Å². The fourth-order valence-electron chi connectivity index (χ4n) is 3.47. The first-order valence-corrected chi connectivity index (χ1v) is 10.4. The van der Waals surface area contributed by atoms with Gasteiger partial charge in [0.1, 0.15) is 6.54 Å². The number of thioether (sulfide) groups is 1. The molecule has 6 nitrogen and oxygen atoms in total. The molecule has 0 saturated carbocycles. The number of benzene rings is 2. The Bertz CT molecular complexity index is 1280. The first-order valence-electron chi connectivity index (χ1n) is 9.59. The third-order valence-corrected chi connectivity index (χ3v) is 5.75. The van der Waals surface area contributed by atoms with Gasteiger partial charge in [-0.3, -0.25) is 19.3 Å². The molecule has 31 heavy (non-hydrogen) atoms. The van der Waals surface area contributed by atoms with Crippen LogP contribution in [0.4, 0.5) is 10.5 Å². The van der Waals surface area contributed by atoms with E-state index in [9.17, 15) is 14.4 Å². The van der Waals surface area contributed by atoms with E-state index in [1.807, 2.05) is 66.2 Å². The summed E-state index contributed by atoms with van der Waals surface area (Å²) in [5, 5.41) is 3.41. The Kier molecular flexibility index (Phi) is 5.65. The van der Waals surface area contributed by atoms with Crippen LogP contribution in [0.1, 0.15) is 11.1 Å². The Labute approximate surface area is 183 Å². The molecule has 0 atom stereocenters. The Morgan fingerprint density at radius 2 is 2.00 bits per heavy atom. The van der Waals surface area contributed by atoms with Crippen molar-refractivity contribution in [1.82, 2.24) is 9.47 Å². The summed E-state index contributed by atoms with van der Waals surface area (Å²) >= 11 is 0.866. The van der Waals surface area contributed by atoms with Crippen LogP contribution in [0.25, 0.3) is 17.0 Å². The van der Waals surface area contributed by atoms with Gasteiger partial charge in [0, 0.05) is 28.4 Å². The topological polar surface area (TPSA) is 71.4 Å². The molecular formula is C24H19N3O3S. The molecule has 1 N–H and O–H groups in total. The summed E-state index contributed by atoms with van der Waals surface area (Å²) in [7, 11) is 0. The zero-order chi connectivity index (χ0) is 22.0. The second-order valence-electron chi connectivity index (χ2n) is 7.12. The predicted octanol–water partition coefficient (Wildman–Crippen LogP) is 4.26. The number of aryl methyl sites for hydroxylation is 1. The van der Waals surface area contributed by atoms with Gasteiger partial charge < -0.3 is 9.88 Å². The highest BCUT2D eigenvalue weighted by molar-refractivity contribution is 8.18. The van der Waals surface area contributed by atoms with Gasteiger partial charge in [0.15, 0.2) is 0 Å². The smallest absolute Gasteiger partial charge is 0.294 e. The first kappa shape index (κ1) is 20.5. The van der Waals surface area contributed by atoms with E-state index in [1.165, 1.54) is 0 Å². The number of nitrogens with zero attached hydrogens (tertiary/aromatic N) is 2. The van der Waals surface area contributed by atoms with Crippen LogP contribution in [-0.2, 0) is 16.1 Å². The molecule has 4 rings (SSSR count). The second kappa shape index (κ2) is 8.54. The van der Waals surface area contributed by atoms with Crippen LogP contribution in [0.15, 0.2) is 59.6 Å². The predicted molar refractivity (Wildman–Crippen MR) is 123 cm³/mol. The van der Waals surface area contributed by atoms with Crippen molar-refractivity contribution in [2.24, 2.45) is 0 Å². The van der Waals surface area contributed by atoms with Crippen molar-refractivity contribution in [3.8, 4) is 12.3 Å². The average Bonchev–Trinajstić information content (AvgIpc) is 3.20. The normalized spacial score (nSPS) is 15.0. The second-order valence-corrected chi connectivity index (χ2v) is 8.11. The molecule has 3 amide bonds. The monoisotopic (exact) mass is 429 g/mol. The highest BCUT2D eigenvalue weighted by Crippen LogP contribution is 2.34. The summed E-state index contributed by atoms with van der Waals surface area (Å²) in [5.41, 5.74) is 3.41. The Morgan fingerprint density at radius 1 is 1.19 bits per heavy atom. The summed E-state index contributed by atoms with van der Waals surface area (Å²) in [4.78, 5) is 38.6. The molecular weight excluding hydrogens is 410 g/mol. The lowest BCUT2D eigenvalue weighted by Gasteiger charge is -2.08. The van der Waals surface area contributed by atoms with Crippen molar-refractivity contribution >= 4 is 51.5 Å². The molecule has 1 aliphatic heterocycles. The molecule has 0 spiro atoms. The van der Waals surface area contributed by atoms with E-state index in [2.05, 4.69) is 11.2 Å². The molecule has 154 valence electrons. The van der Waals surface area contributed by atoms with Crippen molar-refractivity contribution < 1.29 is 14.4 Å². The number of carbonyl (C=O) groups excluding carboxylic acids is 3. The minimum Gasteiger partial charge on any atom is -0.337 e. The van der Waals surface area contributed by atoms with Crippen molar-refractivity contribution in [2.75, 3.05) is 11.9 Å². The lowest BCUT2D eigenvalue weighted by Crippen LogP contribution is -2.28. The van der Waals surface area contributed by atoms with Crippen molar-refractivity contribution in [3.63, 3.8) is 0 Å². The van der Waals surface area contributed by atoms with E-state index in [4.69, 9.17) is 6.42 Å². The van der Waals surface area contributed by atoms with Crippen LogP contribution < -0.4 is 5.32 Å². The number of anilines is 1. The molecule has 1 saturated heterocycles. The Hall–Kier alpha value is -3.76. The molecule has 0 unspecified atom stereocenters. The quantitative estimate of drug-likeness (QED) is 0.486. The average molecular weight is 430 g/mol. The van der Waals surface area contributed by atoms with Crippen molar-refractivity contribution in [1.29, 1.82) is 0 Å². The molecule has 0 bridgehead atoms. The fraction of sp³-hybridized carbons (Fsp3) is 0.125. The number of imide groups is 1. The number of rotatable bonds is 5. The van der Waals surface area contributed by atoms with E-state index >= 15 is 0 Å². The van der Waals surface area contributed by atoms with Gasteiger partial charge in [-0.2, -0.15) is 0 Å². The molecule has 1 aliphatic rings. The van der Waals surface area contributed by atoms with E-state index in [0.717, 1.165) is 44.4 Å². The van der Waals surface area contributed by atoms with Crippen LogP contribution in [0.5, 0.6) is 0 Å². The first-order chi connectivity index (χ1) is 15.0. The number of fused-ring (bicyclic) bond motifs is 1. The van der Waals surface area contributed by atoms with Gasteiger partial charge in [0.05, 0.1) is 11.4 Å². The summed E-state index contributed by atoms with van der Waals surface area (Å²) in [5.74, 6) is 1.77. The Morgan fingerprint density at radius 3 is 2.77 bits per heavy atom. The standard InChI is InChI=1S/C24H19N3O3S/c1-3-11-27-23(29)21(31-24(27)30)13-17-14-26(20-10-5-4-9-19(17)20)15-22(28)25-18-8-6-7-16(2)12-18/h1,4-10,12-14H,11,15H2,2H3,(H,25,28). The SMILES string of the molecule is C#CCN1C(=O)SC(=Cc2cn(CC(=O)Nc3cccc(C)c3)c3ccccc23)C1=O. The van der Waals surface area contributed by atoms with Crippen molar-refractivity contribution in [3.05, 3.63) is 70.8 Å². The van der Waals surface area contributed by atoms with Gasteiger partial charge in [-0.25, -0.2) is 0 Å². The number of carbonyl (C=O) groups is 3. The van der Waals surface area contributed by atoms with Crippen LogP contribution in [0.2, 0.25) is 0 Å². The zero-order valence-corrected chi connectivity index (χ0v) is 17.6. The third kappa shape index (κ3) is 4.25. The number of terminal acetylenes is 1. The van der Waals surface area contributed by atoms with E-state index in [1.54, 1.807) is 6.08 Å². The van der Waals surface area contributed by atoms with E-state index < -0.39 is 5.91 Å². The van der Waals surface area contributed by atoms with E-state index in [0.29, 0.717) is 4.91 Å². The third-order valence-electron chi connectivity index (χ3n) is 4.84. The maximum Gasteiger partial charge on any atom is 0.294 e. The van der Waals surface area contributed by atoms with Gasteiger partial charge in [-0.1, -0.05) is 36.3 Å². The Balaban J connectivity index is 1.62. The number of hydrogen-bond donors (Lipinski definition) is 1. The van der Waals surface area contributed by atoms with E-state index in [-0.39, 0.29) is 24.2 Å². The number of para-hydroxylation sites is 1. The minimum absolute atomic E-state index is 0.0527. The molecule has 1 aromatic heterocycles. The van der Waals surface area contributed by atoms with Gasteiger partial charge in [0.25, 0.3) is 11.1 Å². The minimum atomic E-state index is -0.401. The molecule has 0 aliphatic carbocycles. The van der Waals surface area contributed by atoms with Crippen molar-refractivity contribution in [2.45, 2.75) is 13.5 Å². The highest BCUT2D eigenvalue weighted by Gasteiger charge is 2.34. The van der Waals surface area contributed by atoms with Crippen LogP contribution in [-0.4, -0.2) is 33.1 Å². The summed E-state index contributed by atoms with van der Waals surface area (Å²) in [6.45, 7) is 2.02. The maximum atomic E-state index is 12.6. The molecule has 2 aromatic carbocycles. The van der Waals surface area contributed by atoms with Crippen LogP contribution in [0.3, 0.4) is 0 Å². The summed E-state index contributed by atoms with van der Waals surface area (Å²) < 4.78 is 1.83. The molecule has 7 heteroatoms. The molecule has 2 heterocycles. The molecule has 0 radical (unpaired) electrons. The maximum absolute atomic E-state index is 12.6. The lowest BCUT2D eigenvalue weighted by atomic mass is 10.1. The number of aromatic nitrogens is 1.